The monoisotopic (exact) mass is 250 g/mol. The van der Waals surface area contributed by atoms with Crippen molar-refractivity contribution in [3.8, 4) is 0 Å². The van der Waals surface area contributed by atoms with Gasteiger partial charge in [0.05, 0.1) is 6.04 Å². The summed E-state index contributed by atoms with van der Waals surface area (Å²) in [5, 5.41) is 13.9. The molecule has 5 nitrogen and oxygen atoms in total. The lowest BCUT2D eigenvalue weighted by Gasteiger charge is -2.30. The maximum absolute atomic E-state index is 9.25. The highest BCUT2D eigenvalue weighted by Gasteiger charge is 2.27. The number of rotatable bonds is 2. The number of fused-ring (bicyclic) bond motifs is 1. The molecule has 1 fully saturated rings. The van der Waals surface area contributed by atoms with Gasteiger partial charge in [-0.3, -0.25) is 4.90 Å². The van der Waals surface area contributed by atoms with Crippen LogP contribution in [0.2, 0.25) is 0 Å². The zero-order valence-corrected chi connectivity index (χ0v) is 11.0. The zero-order chi connectivity index (χ0) is 12.5. The summed E-state index contributed by atoms with van der Waals surface area (Å²) in [6, 6.07) is 0.393. The number of aryl methyl sites for hydroxylation is 1. The molecular formula is C13H22N4O. The predicted molar refractivity (Wildman–Crippen MR) is 68.1 cm³/mol. The summed E-state index contributed by atoms with van der Waals surface area (Å²) in [6.07, 6.45) is 5.63. The standard InChI is InChI=1S/C13H22N4O/c1-16-6-3-2-4-11(16)13-14-12-8-10(9-18)5-7-17(12)15-13/h10-11,18H,2-9H2,1H3. The largest absolute Gasteiger partial charge is 0.396 e. The van der Waals surface area contributed by atoms with Gasteiger partial charge in [-0.25, -0.2) is 9.67 Å². The Kier molecular flexibility index (Phi) is 3.35. The van der Waals surface area contributed by atoms with Crippen molar-refractivity contribution >= 4 is 0 Å². The van der Waals surface area contributed by atoms with Crippen molar-refractivity contribution in [1.29, 1.82) is 0 Å². The van der Waals surface area contributed by atoms with E-state index in [1.165, 1.54) is 19.3 Å². The average molecular weight is 250 g/mol. The van der Waals surface area contributed by atoms with E-state index >= 15 is 0 Å². The number of hydrogen-bond donors (Lipinski definition) is 1. The van der Waals surface area contributed by atoms with Gasteiger partial charge in [0.1, 0.15) is 5.82 Å². The van der Waals surface area contributed by atoms with Crippen molar-refractivity contribution in [2.75, 3.05) is 20.2 Å². The minimum absolute atomic E-state index is 0.269. The van der Waals surface area contributed by atoms with Crippen molar-refractivity contribution < 1.29 is 5.11 Å². The van der Waals surface area contributed by atoms with Crippen molar-refractivity contribution in [2.45, 2.75) is 44.7 Å². The Bertz CT molecular complexity index is 417. The summed E-state index contributed by atoms with van der Waals surface area (Å²) in [6.45, 7) is 2.32. The molecule has 0 radical (unpaired) electrons. The number of piperidine rings is 1. The van der Waals surface area contributed by atoms with Crippen LogP contribution in [0.1, 0.15) is 43.4 Å². The molecule has 2 aliphatic rings. The quantitative estimate of drug-likeness (QED) is 0.850. The second kappa shape index (κ2) is 4.97. The van der Waals surface area contributed by atoms with Gasteiger partial charge < -0.3 is 5.11 Å². The third-order valence-corrected chi connectivity index (χ3v) is 4.31. The molecule has 1 aromatic heterocycles. The van der Waals surface area contributed by atoms with Gasteiger partial charge in [0, 0.05) is 19.6 Å². The highest BCUT2D eigenvalue weighted by molar-refractivity contribution is 5.02. The van der Waals surface area contributed by atoms with E-state index in [1.54, 1.807) is 0 Å². The van der Waals surface area contributed by atoms with Gasteiger partial charge >= 0.3 is 0 Å². The maximum atomic E-state index is 9.25. The van der Waals surface area contributed by atoms with Crippen LogP contribution in [-0.2, 0) is 13.0 Å². The molecule has 100 valence electrons. The summed E-state index contributed by atoms with van der Waals surface area (Å²) >= 11 is 0. The average Bonchev–Trinajstić information content (AvgIpc) is 2.81. The highest BCUT2D eigenvalue weighted by atomic mass is 16.3. The lowest BCUT2D eigenvalue weighted by molar-refractivity contribution is 0.179. The number of hydrogen-bond acceptors (Lipinski definition) is 4. The summed E-state index contributed by atoms with van der Waals surface area (Å²) in [4.78, 5) is 7.09. The molecule has 0 bridgehead atoms. The van der Waals surface area contributed by atoms with Gasteiger partial charge in [0.15, 0.2) is 5.82 Å². The first-order valence-electron chi connectivity index (χ1n) is 7.02. The summed E-state index contributed by atoms with van der Waals surface area (Å²) in [5.41, 5.74) is 0. The van der Waals surface area contributed by atoms with Gasteiger partial charge in [-0.2, -0.15) is 5.10 Å². The summed E-state index contributed by atoms with van der Waals surface area (Å²) in [7, 11) is 2.17. The van der Waals surface area contributed by atoms with Crippen molar-refractivity contribution in [1.82, 2.24) is 19.7 Å². The van der Waals surface area contributed by atoms with Gasteiger partial charge in [0.2, 0.25) is 0 Å². The van der Waals surface area contributed by atoms with Crippen LogP contribution in [0.5, 0.6) is 0 Å². The van der Waals surface area contributed by atoms with E-state index in [1.807, 2.05) is 4.68 Å². The fourth-order valence-electron chi connectivity index (χ4n) is 3.09. The molecule has 2 aliphatic heterocycles. The third kappa shape index (κ3) is 2.17. The third-order valence-electron chi connectivity index (χ3n) is 4.31. The van der Waals surface area contributed by atoms with E-state index in [-0.39, 0.29) is 6.61 Å². The Labute approximate surface area is 108 Å². The van der Waals surface area contributed by atoms with Crippen LogP contribution < -0.4 is 0 Å². The Morgan fingerprint density at radius 2 is 2.17 bits per heavy atom. The van der Waals surface area contributed by atoms with Crippen LogP contribution >= 0.6 is 0 Å². The van der Waals surface area contributed by atoms with Gasteiger partial charge in [-0.1, -0.05) is 6.42 Å². The van der Waals surface area contributed by atoms with Gasteiger partial charge in [-0.15, -0.1) is 0 Å². The van der Waals surface area contributed by atoms with E-state index in [0.717, 1.165) is 37.6 Å². The molecule has 0 spiro atoms. The predicted octanol–water partition coefficient (Wildman–Crippen LogP) is 0.990. The van der Waals surface area contributed by atoms with Crippen molar-refractivity contribution in [3.63, 3.8) is 0 Å². The Hall–Kier alpha value is -0.940. The molecule has 0 aromatic carbocycles. The number of aromatic nitrogens is 3. The Morgan fingerprint density at radius 3 is 2.94 bits per heavy atom. The molecule has 0 amide bonds. The van der Waals surface area contributed by atoms with E-state index in [0.29, 0.717) is 12.0 Å². The lowest BCUT2D eigenvalue weighted by Crippen LogP contribution is -2.30. The van der Waals surface area contributed by atoms with Crippen molar-refractivity contribution in [2.24, 2.45) is 5.92 Å². The molecule has 1 saturated heterocycles. The number of aliphatic hydroxyl groups excluding tert-OH is 1. The fraction of sp³-hybridized carbons (Fsp3) is 0.846. The van der Waals surface area contributed by atoms with E-state index < -0.39 is 0 Å². The topological polar surface area (TPSA) is 54.2 Å². The molecule has 1 N–H and O–H groups in total. The first-order valence-corrected chi connectivity index (χ1v) is 7.02. The lowest BCUT2D eigenvalue weighted by atomic mass is 9.99. The summed E-state index contributed by atoms with van der Waals surface area (Å²) in [5.74, 6) is 2.43. The van der Waals surface area contributed by atoms with Crippen LogP contribution in [0, 0.1) is 5.92 Å². The number of aliphatic hydroxyl groups is 1. The Morgan fingerprint density at radius 1 is 1.28 bits per heavy atom. The first kappa shape index (κ1) is 12.1. The van der Waals surface area contributed by atoms with Crippen LogP contribution in [0.15, 0.2) is 0 Å². The van der Waals surface area contributed by atoms with E-state index in [9.17, 15) is 5.11 Å². The van der Waals surface area contributed by atoms with Crippen LogP contribution in [-0.4, -0.2) is 45.0 Å². The molecular weight excluding hydrogens is 228 g/mol. The minimum atomic E-state index is 0.269. The minimum Gasteiger partial charge on any atom is -0.396 e. The van der Waals surface area contributed by atoms with E-state index in [4.69, 9.17) is 4.98 Å². The molecule has 0 saturated carbocycles. The summed E-state index contributed by atoms with van der Waals surface area (Å²) < 4.78 is 2.05. The first-order chi connectivity index (χ1) is 8.78. The molecule has 5 heteroatoms. The molecule has 1 aromatic rings. The fourth-order valence-corrected chi connectivity index (χ4v) is 3.09. The van der Waals surface area contributed by atoms with Crippen molar-refractivity contribution in [3.05, 3.63) is 11.6 Å². The van der Waals surface area contributed by atoms with Gasteiger partial charge in [-0.05, 0) is 38.8 Å². The molecule has 3 heterocycles. The zero-order valence-electron chi connectivity index (χ0n) is 11.0. The number of likely N-dealkylation sites (tertiary alicyclic amines) is 1. The number of nitrogens with zero attached hydrogens (tertiary/aromatic N) is 4. The normalized spacial score (nSPS) is 29.2. The second-order valence-corrected chi connectivity index (χ2v) is 5.64. The molecule has 2 atom stereocenters. The molecule has 18 heavy (non-hydrogen) atoms. The van der Waals surface area contributed by atoms with Crippen LogP contribution in [0.3, 0.4) is 0 Å². The van der Waals surface area contributed by atoms with Crippen LogP contribution in [0.25, 0.3) is 0 Å². The van der Waals surface area contributed by atoms with E-state index in [2.05, 4.69) is 17.0 Å². The Balaban J connectivity index is 1.80. The molecule has 0 aliphatic carbocycles. The maximum Gasteiger partial charge on any atom is 0.168 e. The van der Waals surface area contributed by atoms with Crippen LogP contribution in [0.4, 0.5) is 0 Å². The highest BCUT2D eigenvalue weighted by Crippen LogP contribution is 2.28. The molecule has 2 unspecified atom stereocenters. The smallest absolute Gasteiger partial charge is 0.168 e. The van der Waals surface area contributed by atoms with Gasteiger partial charge in [0.25, 0.3) is 0 Å². The molecule has 3 rings (SSSR count). The SMILES string of the molecule is CN1CCCCC1c1nc2n(n1)CCC(CO)C2. The second-order valence-electron chi connectivity index (χ2n) is 5.64.